The molecule has 1 N–H and O–H groups in total. The van der Waals surface area contributed by atoms with E-state index in [-0.39, 0.29) is 0 Å². The van der Waals surface area contributed by atoms with Crippen molar-refractivity contribution < 1.29 is 9.26 Å². The highest BCUT2D eigenvalue weighted by atomic mass is 16.5. The van der Waals surface area contributed by atoms with E-state index in [0.29, 0.717) is 18.5 Å². The minimum atomic E-state index is 0.588. The lowest BCUT2D eigenvalue weighted by Gasteiger charge is -2.36. The maximum atomic E-state index is 5.53. The topological polar surface area (TPSA) is 76.3 Å². The van der Waals surface area contributed by atoms with Crippen molar-refractivity contribution in [2.24, 2.45) is 0 Å². The van der Waals surface area contributed by atoms with Crippen LogP contribution in [0.1, 0.15) is 29.9 Å². The van der Waals surface area contributed by atoms with E-state index < -0.39 is 0 Å². The second-order valence-corrected chi connectivity index (χ2v) is 6.02. The Morgan fingerprint density at radius 1 is 1.22 bits per heavy atom. The molecule has 2 aliphatic heterocycles. The van der Waals surface area contributed by atoms with Gasteiger partial charge < -0.3 is 14.6 Å². The zero-order valence-electron chi connectivity index (χ0n) is 13.1. The maximum absolute atomic E-state index is 5.53. The lowest BCUT2D eigenvalue weighted by Crippen LogP contribution is -2.42. The van der Waals surface area contributed by atoms with E-state index in [4.69, 9.17) is 9.26 Å². The minimum Gasteiger partial charge on any atom is -0.381 e. The molecule has 2 aromatic rings. The van der Waals surface area contributed by atoms with Crippen LogP contribution in [0.5, 0.6) is 0 Å². The van der Waals surface area contributed by atoms with Crippen LogP contribution < -0.4 is 5.32 Å². The number of ether oxygens (including phenoxy) is 1. The molecule has 23 heavy (non-hydrogen) atoms. The van der Waals surface area contributed by atoms with Crippen LogP contribution in [-0.2, 0) is 24.2 Å². The van der Waals surface area contributed by atoms with Gasteiger partial charge in [-0.05, 0) is 18.9 Å². The van der Waals surface area contributed by atoms with E-state index >= 15 is 0 Å². The summed E-state index contributed by atoms with van der Waals surface area (Å²) in [5, 5.41) is 7.46. The molecular formula is C16H21N5O2. The SMILES string of the molecule is c1cnc(NCc2noc3c2CN(C2CCOCC2)CC3)nc1. The summed E-state index contributed by atoms with van der Waals surface area (Å²) in [4.78, 5) is 10.9. The maximum Gasteiger partial charge on any atom is 0.222 e. The molecule has 1 saturated heterocycles. The highest BCUT2D eigenvalue weighted by Crippen LogP contribution is 2.26. The van der Waals surface area contributed by atoms with Crippen LogP contribution in [0.4, 0.5) is 5.95 Å². The minimum absolute atomic E-state index is 0.588. The first-order valence-corrected chi connectivity index (χ1v) is 8.19. The van der Waals surface area contributed by atoms with Crippen LogP contribution in [-0.4, -0.2) is 45.8 Å². The Morgan fingerprint density at radius 2 is 2.04 bits per heavy atom. The van der Waals surface area contributed by atoms with Crippen molar-refractivity contribution in [3.05, 3.63) is 35.5 Å². The van der Waals surface area contributed by atoms with E-state index in [0.717, 1.165) is 57.0 Å². The number of fused-ring (bicyclic) bond motifs is 1. The van der Waals surface area contributed by atoms with Crippen LogP contribution in [0.25, 0.3) is 0 Å². The summed E-state index contributed by atoms with van der Waals surface area (Å²) >= 11 is 0. The third kappa shape index (κ3) is 3.20. The predicted octanol–water partition coefficient (Wildman–Crippen LogP) is 1.61. The van der Waals surface area contributed by atoms with Gasteiger partial charge in [0.05, 0.1) is 6.54 Å². The molecule has 0 aromatic carbocycles. The zero-order valence-corrected chi connectivity index (χ0v) is 13.1. The van der Waals surface area contributed by atoms with Crippen molar-refractivity contribution in [2.45, 2.75) is 38.4 Å². The molecule has 2 aliphatic rings. The fourth-order valence-corrected chi connectivity index (χ4v) is 3.34. The second kappa shape index (κ2) is 6.64. The van der Waals surface area contributed by atoms with Gasteiger partial charge in [-0.2, -0.15) is 0 Å². The molecule has 2 aromatic heterocycles. The van der Waals surface area contributed by atoms with Crippen molar-refractivity contribution in [1.29, 1.82) is 0 Å². The van der Waals surface area contributed by atoms with Gasteiger partial charge >= 0.3 is 0 Å². The molecule has 7 nitrogen and oxygen atoms in total. The zero-order chi connectivity index (χ0) is 15.5. The summed E-state index contributed by atoms with van der Waals surface area (Å²) in [6, 6.07) is 2.42. The molecule has 0 bridgehead atoms. The largest absolute Gasteiger partial charge is 0.381 e. The average molecular weight is 315 g/mol. The van der Waals surface area contributed by atoms with Gasteiger partial charge in [-0.1, -0.05) is 5.16 Å². The molecule has 7 heteroatoms. The number of hydrogen-bond donors (Lipinski definition) is 1. The third-order valence-electron chi connectivity index (χ3n) is 4.63. The summed E-state index contributed by atoms with van der Waals surface area (Å²) in [7, 11) is 0. The number of hydrogen-bond acceptors (Lipinski definition) is 7. The monoisotopic (exact) mass is 315 g/mol. The van der Waals surface area contributed by atoms with Gasteiger partial charge in [0.1, 0.15) is 11.5 Å². The fourth-order valence-electron chi connectivity index (χ4n) is 3.34. The molecule has 0 radical (unpaired) electrons. The molecule has 0 unspecified atom stereocenters. The number of rotatable bonds is 4. The van der Waals surface area contributed by atoms with E-state index in [2.05, 4.69) is 25.3 Å². The second-order valence-electron chi connectivity index (χ2n) is 6.02. The van der Waals surface area contributed by atoms with Crippen molar-refractivity contribution in [3.8, 4) is 0 Å². The van der Waals surface area contributed by atoms with E-state index in [1.165, 1.54) is 5.56 Å². The molecule has 0 amide bonds. The van der Waals surface area contributed by atoms with Gasteiger partial charge in [-0.15, -0.1) is 0 Å². The summed E-state index contributed by atoms with van der Waals surface area (Å²) in [5.74, 6) is 1.64. The van der Waals surface area contributed by atoms with Gasteiger partial charge in [-0.25, -0.2) is 9.97 Å². The Balaban J connectivity index is 1.44. The molecule has 0 aliphatic carbocycles. The number of nitrogens with one attached hydrogen (secondary N) is 1. The number of nitrogens with zero attached hydrogens (tertiary/aromatic N) is 4. The van der Waals surface area contributed by atoms with Gasteiger partial charge in [0.25, 0.3) is 0 Å². The Bertz CT molecular complexity index is 639. The Hall–Kier alpha value is -1.99. The average Bonchev–Trinajstić information content (AvgIpc) is 3.04. The van der Waals surface area contributed by atoms with E-state index in [1.54, 1.807) is 18.5 Å². The van der Waals surface area contributed by atoms with Crippen molar-refractivity contribution in [3.63, 3.8) is 0 Å². The molecular weight excluding hydrogens is 294 g/mol. The van der Waals surface area contributed by atoms with Crippen molar-refractivity contribution in [1.82, 2.24) is 20.0 Å². The molecule has 122 valence electrons. The molecule has 1 fully saturated rings. The van der Waals surface area contributed by atoms with Gasteiger partial charge in [0, 0.05) is 56.7 Å². The van der Waals surface area contributed by atoms with Gasteiger partial charge in [-0.3, -0.25) is 4.90 Å². The number of aromatic nitrogens is 3. The third-order valence-corrected chi connectivity index (χ3v) is 4.63. The van der Waals surface area contributed by atoms with E-state index in [9.17, 15) is 0 Å². The quantitative estimate of drug-likeness (QED) is 0.918. The first kappa shape index (κ1) is 14.6. The normalized spacial score (nSPS) is 19.5. The Labute approximate surface area is 135 Å². The summed E-state index contributed by atoms with van der Waals surface area (Å²) < 4.78 is 11.0. The van der Waals surface area contributed by atoms with Gasteiger partial charge in [0.15, 0.2) is 0 Å². The predicted molar refractivity (Wildman–Crippen MR) is 83.8 cm³/mol. The number of anilines is 1. The van der Waals surface area contributed by atoms with Crippen LogP contribution >= 0.6 is 0 Å². The lowest BCUT2D eigenvalue weighted by atomic mass is 10.0. The standard InChI is InChI=1S/C16H21N5O2/c1-5-17-16(18-6-1)19-10-14-13-11-21(7-2-15(13)23-20-14)12-3-8-22-9-4-12/h1,5-6,12H,2-4,7-11H2,(H,17,18,19). The summed E-state index contributed by atoms with van der Waals surface area (Å²) in [6.07, 6.45) is 6.61. The van der Waals surface area contributed by atoms with Crippen LogP contribution in [0.2, 0.25) is 0 Å². The molecule has 0 spiro atoms. The fraction of sp³-hybridized carbons (Fsp3) is 0.562. The lowest BCUT2D eigenvalue weighted by molar-refractivity contribution is 0.0279. The first-order valence-electron chi connectivity index (χ1n) is 8.19. The highest BCUT2D eigenvalue weighted by molar-refractivity contribution is 5.30. The molecule has 0 atom stereocenters. The Kier molecular flexibility index (Phi) is 4.21. The van der Waals surface area contributed by atoms with Gasteiger partial charge in [0.2, 0.25) is 5.95 Å². The van der Waals surface area contributed by atoms with Crippen LogP contribution in [0.15, 0.2) is 23.0 Å². The van der Waals surface area contributed by atoms with Crippen LogP contribution in [0.3, 0.4) is 0 Å². The van der Waals surface area contributed by atoms with Crippen molar-refractivity contribution >= 4 is 5.95 Å². The first-order chi connectivity index (χ1) is 11.4. The summed E-state index contributed by atoms with van der Waals surface area (Å²) in [6.45, 7) is 4.29. The molecule has 4 rings (SSSR count). The van der Waals surface area contributed by atoms with E-state index in [1.807, 2.05) is 0 Å². The smallest absolute Gasteiger partial charge is 0.222 e. The van der Waals surface area contributed by atoms with Crippen molar-refractivity contribution in [2.75, 3.05) is 25.1 Å². The Morgan fingerprint density at radius 3 is 2.87 bits per heavy atom. The highest BCUT2D eigenvalue weighted by Gasteiger charge is 2.29. The van der Waals surface area contributed by atoms with Crippen LogP contribution in [0, 0.1) is 0 Å². The molecule has 0 saturated carbocycles. The molecule has 4 heterocycles. The summed E-state index contributed by atoms with van der Waals surface area (Å²) in [5.41, 5.74) is 2.19.